The molecule has 1 aliphatic rings. The van der Waals surface area contributed by atoms with Crippen molar-refractivity contribution in [3.05, 3.63) is 53.6 Å². The van der Waals surface area contributed by atoms with Crippen LogP contribution in [0.4, 0.5) is 11.4 Å². The Bertz CT molecular complexity index is 947. The summed E-state index contributed by atoms with van der Waals surface area (Å²) in [6, 6.07) is 11.8. The Labute approximate surface area is 154 Å². The summed E-state index contributed by atoms with van der Waals surface area (Å²) in [6.07, 6.45) is 0. The largest absolute Gasteiger partial charge is 0.326 e. The molecule has 0 aromatic heterocycles. The van der Waals surface area contributed by atoms with Crippen LogP contribution in [-0.2, 0) is 27.9 Å². The lowest BCUT2D eigenvalue weighted by molar-refractivity contribution is -0.123. The van der Waals surface area contributed by atoms with Crippen LogP contribution in [0.15, 0.2) is 47.4 Å². The van der Waals surface area contributed by atoms with E-state index in [1.54, 1.807) is 36.4 Å². The number of carbonyl (C=O) groups excluding carboxylic acids is 1. The molecule has 3 N–H and O–H groups in total. The normalized spacial score (nSPS) is 14.0. The van der Waals surface area contributed by atoms with Gasteiger partial charge in [-0.3, -0.25) is 9.52 Å². The van der Waals surface area contributed by atoms with Gasteiger partial charge in [-0.05, 0) is 41.5 Å². The molecule has 7 heteroatoms. The molecule has 3 rings (SSSR count). The summed E-state index contributed by atoms with van der Waals surface area (Å²) in [5, 5.41) is 6.00. The first-order valence-electron chi connectivity index (χ1n) is 8.42. The molecule has 6 nitrogen and oxygen atoms in total. The van der Waals surface area contributed by atoms with E-state index in [1.165, 1.54) is 0 Å². The van der Waals surface area contributed by atoms with Crippen molar-refractivity contribution in [3.8, 4) is 0 Å². The maximum Gasteiger partial charge on any atom is 0.261 e. The van der Waals surface area contributed by atoms with Crippen molar-refractivity contribution < 1.29 is 13.2 Å². The molecule has 1 aliphatic heterocycles. The zero-order valence-electron chi connectivity index (χ0n) is 15.1. The van der Waals surface area contributed by atoms with Crippen LogP contribution in [0.3, 0.4) is 0 Å². The molecule has 0 saturated carbocycles. The Balaban J connectivity index is 1.80. The Morgan fingerprint density at radius 1 is 1.00 bits per heavy atom. The summed E-state index contributed by atoms with van der Waals surface area (Å²) in [6.45, 7) is 6.89. The van der Waals surface area contributed by atoms with E-state index in [9.17, 15) is 13.2 Å². The van der Waals surface area contributed by atoms with Gasteiger partial charge >= 0.3 is 0 Å². The van der Waals surface area contributed by atoms with Gasteiger partial charge in [0.1, 0.15) is 0 Å². The number of amides is 1. The number of fused-ring (bicyclic) bond motifs is 1. The number of carbonyl (C=O) groups is 1. The van der Waals surface area contributed by atoms with Gasteiger partial charge < -0.3 is 10.6 Å². The molecule has 0 unspecified atom stereocenters. The average molecular weight is 373 g/mol. The molecule has 0 fully saturated rings. The summed E-state index contributed by atoms with van der Waals surface area (Å²) >= 11 is 0. The molecule has 2 aromatic rings. The quantitative estimate of drug-likeness (QED) is 0.769. The third-order valence-corrected chi connectivity index (χ3v) is 5.55. The molecular weight excluding hydrogens is 350 g/mol. The van der Waals surface area contributed by atoms with E-state index in [0.717, 1.165) is 17.7 Å². The van der Waals surface area contributed by atoms with Crippen molar-refractivity contribution >= 4 is 27.3 Å². The van der Waals surface area contributed by atoms with E-state index >= 15 is 0 Å². The van der Waals surface area contributed by atoms with Crippen LogP contribution in [0.1, 0.15) is 31.9 Å². The topological polar surface area (TPSA) is 87.3 Å². The maximum absolute atomic E-state index is 12.7. The highest BCUT2D eigenvalue weighted by Crippen LogP contribution is 2.24. The van der Waals surface area contributed by atoms with E-state index in [2.05, 4.69) is 15.4 Å². The van der Waals surface area contributed by atoms with E-state index in [-0.39, 0.29) is 10.8 Å². The second-order valence-electron chi connectivity index (χ2n) is 7.42. The molecule has 0 bridgehead atoms. The smallest absolute Gasteiger partial charge is 0.261 e. The van der Waals surface area contributed by atoms with Crippen LogP contribution in [0.25, 0.3) is 0 Å². The highest BCUT2D eigenvalue weighted by atomic mass is 32.2. The van der Waals surface area contributed by atoms with Gasteiger partial charge in [0.25, 0.3) is 10.0 Å². The van der Waals surface area contributed by atoms with Crippen LogP contribution in [0, 0.1) is 5.41 Å². The SMILES string of the molecule is CC(C)(C)C(=O)Nc1cccc(NS(=O)(=O)c2ccc3c(c2)CNC3)c1. The number of rotatable bonds is 4. The lowest BCUT2D eigenvalue weighted by Gasteiger charge is -2.18. The van der Waals surface area contributed by atoms with E-state index in [4.69, 9.17) is 0 Å². The van der Waals surface area contributed by atoms with Crippen molar-refractivity contribution in [2.45, 2.75) is 38.8 Å². The number of hydrogen-bond donors (Lipinski definition) is 3. The highest BCUT2D eigenvalue weighted by Gasteiger charge is 2.22. The third-order valence-electron chi connectivity index (χ3n) is 4.17. The van der Waals surface area contributed by atoms with Gasteiger partial charge in [-0.1, -0.05) is 32.9 Å². The second kappa shape index (κ2) is 6.74. The van der Waals surface area contributed by atoms with Gasteiger partial charge in [0.2, 0.25) is 5.91 Å². The van der Waals surface area contributed by atoms with E-state index in [0.29, 0.717) is 17.9 Å². The molecule has 138 valence electrons. The predicted molar refractivity (Wildman–Crippen MR) is 102 cm³/mol. The van der Waals surface area contributed by atoms with Gasteiger partial charge in [-0.15, -0.1) is 0 Å². The van der Waals surface area contributed by atoms with E-state index < -0.39 is 15.4 Å². The van der Waals surface area contributed by atoms with Gasteiger partial charge in [-0.25, -0.2) is 8.42 Å². The van der Waals surface area contributed by atoms with Gasteiger partial charge in [0.15, 0.2) is 0 Å². The van der Waals surface area contributed by atoms with Crippen LogP contribution in [-0.4, -0.2) is 14.3 Å². The van der Waals surface area contributed by atoms with Crippen molar-refractivity contribution in [2.24, 2.45) is 5.41 Å². The first kappa shape index (κ1) is 18.4. The summed E-state index contributed by atoms with van der Waals surface area (Å²) in [4.78, 5) is 12.3. The van der Waals surface area contributed by atoms with Gasteiger partial charge in [0.05, 0.1) is 10.6 Å². The van der Waals surface area contributed by atoms with E-state index in [1.807, 2.05) is 26.8 Å². The second-order valence-corrected chi connectivity index (χ2v) is 9.11. The average Bonchev–Trinajstić information content (AvgIpc) is 3.01. The monoisotopic (exact) mass is 373 g/mol. The Hall–Kier alpha value is -2.38. The predicted octanol–water partition coefficient (Wildman–Crippen LogP) is 3.08. The molecule has 1 heterocycles. The summed E-state index contributed by atoms with van der Waals surface area (Å²) in [5.74, 6) is -0.136. The number of benzene rings is 2. The zero-order chi connectivity index (χ0) is 18.9. The lowest BCUT2D eigenvalue weighted by atomic mass is 9.95. The number of hydrogen-bond acceptors (Lipinski definition) is 4. The molecule has 26 heavy (non-hydrogen) atoms. The molecule has 1 amide bonds. The first-order valence-corrected chi connectivity index (χ1v) is 9.90. The van der Waals surface area contributed by atoms with Crippen LogP contribution in [0.5, 0.6) is 0 Å². The minimum atomic E-state index is -3.70. The van der Waals surface area contributed by atoms with Crippen LogP contribution >= 0.6 is 0 Å². The molecule has 0 saturated heterocycles. The Morgan fingerprint density at radius 3 is 2.42 bits per heavy atom. The molecule has 0 atom stereocenters. The van der Waals surface area contributed by atoms with Crippen molar-refractivity contribution in [3.63, 3.8) is 0 Å². The molecule has 2 aromatic carbocycles. The van der Waals surface area contributed by atoms with Crippen molar-refractivity contribution in [1.29, 1.82) is 0 Å². The van der Waals surface area contributed by atoms with Crippen molar-refractivity contribution in [1.82, 2.24) is 5.32 Å². The fourth-order valence-corrected chi connectivity index (χ4v) is 3.73. The fourth-order valence-electron chi connectivity index (χ4n) is 2.63. The third kappa shape index (κ3) is 4.05. The van der Waals surface area contributed by atoms with Gasteiger partial charge in [0, 0.05) is 24.2 Å². The molecule has 0 spiro atoms. The first-order chi connectivity index (χ1) is 12.1. The Morgan fingerprint density at radius 2 is 1.69 bits per heavy atom. The van der Waals surface area contributed by atoms with Crippen LogP contribution in [0.2, 0.25) is 0 Å². The summed E-state index contributed by atoms with van der Waals surface area (Å²) in [5.41, 5.74) is 2.53. The van der Waals surface area contributed by atoms with Crippen LogP contribution < -0.4 is 15.4 Å². The summed E-state index contributed by atoms with van der Waals surface area (Å²) < 4.78 is 27.9. The van der Waals surface area contributed by atoms with Gasteiger partial charge in [-0.2, -0.15) is 0 Å². The fraction of sp³-hybridized carbons (Fsp3) is 0.316. The standard InChI is InChI=1S/C19H23N3O3S/c1-19(2,3)18(23)21-15-5-4-6-16(10-15)22-26(24,25)17-8-7-13-11-20-12-14(13)9-17/h4-10,20,22H,11-12H2,1-3H3,(H,21,23). The zero-order valence-corrected chi connectivity index (χ0v) is 15.9. The number of sulfonamides is 1. The molecular formula is C19H23N3O3S. The molecule has 0 radical (unpaired) electrons. The number of anilines is 2. The maximum atomic E-state index is 12.7. The van der Waals surface area contributed by atoms with Crippen molar-refractivity contribution in [2.75, 3.05) is 10.0 Å². The lowest BCUT2D eigenvalue weighted by Crippen LogP contribution is -2.27. The number of nitrogens with one attached hydrogen (secondary N) is 3. The minimum Gasteiger partial charge on any atom is -0.326 e. The Kier molecular flexibility index (Phi) is 4.77. The minimum absolute atomic E-state index is 0.136. The summed E-state index contributed by atoms with van der Waals surface area (Å²) in [7, 11) is -3.70. The highest BCUT2D eigenvalue weighted by molar-refractivity contribution is 7.92. The molecule has 0 aliphatic carbocycles.